The minimum absolute atomic E-state index is 0.138. The van der Waals surface area contributed by atoms with Gasteiger partial charge < -0.3 is 9.42 Å². The van der Waals surface area contributed by atoms with Crippen molar-refractivity contribution in [1.29, 1.82) is 5.26 Å². The molecule has 138 valence electrons. The van der Waals surface area contributed by atoms with Crippen LogP contribution in [0.5, 0.6) is 0 Å². The number of nitriles is 1. The van der Waals surface area contributed by atoms with Gasteiger partial charge in [-0.2, -0.15) is 15.3 Å². The molecule has 8 nitrogen and oxygen atoms in total. The molecule has 1 atom stereocenters. The van der Waals surface area contributed by atoms with E-state index in [-0.39, 0.29) is 11.9 Å². The highest BCUT2D eigenvalue weighted by atomic mass is 32.1. The van der Waals surface area contributed by atoms with E-state index in [1.54, 1.807) is 33.4 Å². The lowest BCUT2D eigenvalue weighted by Crippen LogP contribution is -2.35. The number of thiophene rings is 1. The third kappa shape index (κ3) is 3.36. The Hall–Kier alpha value is -2.99. The first-order valence-corrected chi connectivity index (χ1v) is 9.66. The lowest BCUT2D eigenvalue weighted by molar-refractivity contribution is 0.0675. The second kappa shape index (κ2) is 7.32. The number of likely N-dealkylation sites (tertiary alicyclic amines) is 1. The Balaban J connectivity index is 1.66. The number of nitrogens with zero attached hydrogens (tertiary/aromatic N) is 6. The van der Waals surface area contributed by atoms with Crippen LogP contribution in [0, 0.1) is 11.3 Å². The van der Waals surface area contributed by atoms with Crippen molar-refractivity contribution in [3.8, 4) is 17.5 Å². The number of carbonyl (C=O) groups is 1. The maximum atomic E-state index is 13.1. The van der Waals surface area contributed by atoms with Gasteiger partial charge in [0.1, 0.15) is 10.9 Å². The van der Waals surface area contributed by atoms with Crippen LogP contribution >= 0.6 is 11.3 Å². The molecular formula is C18H18N6O2S. The first-order chi connectivity index (χ1) is 13.2. The normalized spacial score (nSPS) is 17.5. The molecule has 1 amide bonds. The smallest absolute Gasteiger partial charge is 0.265 e. The van der Waals surface area contributed by atoms with Gasteiger partial charge in [-0.3, -0.25) is 9.48 Å². The fraction of sp³-hybridized carbons (Fsp3) is 0.389. The van der Waals surface area contributed by atoms with E-state index >= 15 is 0 Å². The summed E-state index contributed by atoms with van der Waals surface area (Å²) in [6, 6.07) is 3.52. The molecule has 0 aliphatic carbocycles. The Morgan fingerprint density at radius 1 is 1.41 bits per heavy atom. The van der Waals surface area contributed by atoms with Gasteiger partial charge in [0.05, 0.1) is 23.4 Å². The average molecular weight is 382 g/mol. The first-order valence-electron chi connectivity index (χ1n) is 8.78. The van der Waals surface area contributed by atoms with Crippen molar-refractivity contribution < 1.29 is 9.32 Å². The SMILES string of the molecule is Cn1cc(-c2nc([C@@H]3CCCCCN3C(=O)c3sccc3C#N)no2)cn1. The van der Waals surface area contributed by atoms with Crippen LogP contribution in [0.1, 0.15) is 52.8 Å². The van der Waals surface area contributed by atoms with Gasteiger partial charge in [-0.1, -0.05) is 18.0 Å². The Labute approximate surface area is 160 Å². The van der Waals surface area contributed by atoms with Gasteiger partial charge >= 0.3 is 0 Å². The second-order valence-corrected chi connectivity index (χ2v) is 7.42. The molecule has 0 spiro atoms. The van der Waals surface area contributed by atoms with Crippen molar-refractivity contribution >= 4 is 17.2 Å². The van der Waals surface area contributed by atoms with Crippen LogP contribution in [0.4, 0.5) is 0 Å². The van der Waals surface area contributed by atoms with E-state index < -0.39 is 0 Å². The van der Waals surface area contributed by atoms with E-state index in [2.05, 4.69) is 21.3 Å². The molecule has 0 radical (unpaired) electrons. The van der Waals surface area contributed by atoms with Crippen molar-refractivity contribution in [2.75, 3.05) is 6.54 Å². The van der Waals surface area contributed by atoms with Crippen molar-refractivity contribution in [1.82, 2.24) is 24.8 Å². The fourth-order valence-electron chi connectivity index (χ4n) is 3.33. The molecule has 0 unspecified atom stereocenters. The van der Waals surface area contributed by atoms with Gasteiger partial charge in [-0.15, -0.1) is 11.3 Å². The van der Waals surface area contributed by atoms with Gasteiger partial charge in [0.15, 0.2) is 5.82 Å². The Kier molecular flexibility index (Phi) is 4.73. The molecule has 3 aromatic rings. The first kappa shape index (κ1) is 17.4. The zero-order valence-corrected chi connectivity index (χ0v) is 15.6. The molecule has 9 heteroatoms. The molecule has 1 aliphatic rings. The van der Waals surface area contributed by atoms with E-state index in [9.17, 15) is 10.1 Å². The van der Waals surface area contributed by atoms with Crippen LogP contribution in [0.15, 0.2) is 28.4 Å². The average Bonchev–Trinajstić information content (AvgIpc) is 3.39. The van der Waals surface area contributed by atoms with Crippen LogP contribution in [0.3, 0.4) is 0 Å². The number of rotatable bonds is 3. The standard InChI is InChI=1S/C18H18N6O2S/c1-23-11-13(10-20-23)17-21-16(22-26-17)14-5-3-2-4-7-24(14)18(25)15-12(9-19)6-8-27-15/h6,8,10-11,14H,2-5,7H2,1H3/t14-/m0/s1. The number of aryl methyl sites for hydroxylation is 1. The molecule has 1 aliphatic heterocycles. The van der Waals surface area contributed by atoms with Crippen molar-refractivity contribution in [2.24, 2.45) is 7.05 Å². The van der Waals surface area contributed by atoms with Gasteiger partial charge in [0, 0.05) is 19.8 Å². The van der Waals surface area contributed by atoms with Crippen molar-refractivity contribution in [2.45, 2.75) is 31.7 Å². The fourth-order valence-corrected chi connectivity index (χ4v) is 4.13. The van der Waals surface area contributed by atoms with E-state index in [4.69, 9.17) is 4.52 Å². The van der Waals surface area contributed by atoms with Gasteiger partial charge in [0.25, 0.3) is 11.8 Å². The minimum Gasteiger partial charge on any atom is -0.334 e. The molecule has 1 saturated heterocycles. The van der Waals surface area contributed by atoms with E-state index in [1.165, 1.54) is 11.3 Å². The summed E-state index contributed by atoms with van der Waals surface area (Å²) in [5.74, 6) is 0.754. The summed E-state index contributed by atoms with van der Waals surface area (Å²) in [6.45, 7) is 0.614. The molecule has 0 N–H and O–H groups in total. The summed E-state index contributed by atoms with van der Waals surface area (Å²) in [6.07, 6.45) is 7.19. The number of aromatic nitrogens is 4. The molecule has 3 aromatic heterocycles. The van der Waals surface area contributed by atoms with Crippen molar-refractivity contribution in [3.63, 3.8) is 0 Å². The maximum Gasteiger partial charge on any atom is 0.265 e. The number of hydrogen-bond donors (Lipinski definition) is 0. The van der Waals surface area contributed by atoms with Crippen LogP contribution < -0.4 is 0 Å². The lowest BCUT2D eigenvalue weighted by atomic mass is 10.1. The van der Waals surface area contributed by atoms with Crippen LogP contribution in [0.2, 0.25) is 0 Å². The summed E-state index contributed by atoms with van der Waals surface area (Å²) >= 11 is 1.30. The number of hydrogen-bond acceptors (Lipinski definition) is 7. The molecule has 27 heavy (non-hydrogen) atoms. The highest BCUT2D eigenvalue weighted by molar-refractivity contribution is 7.12. The van der Waals surface area contributed by atoms with Crippen LogP contribution in [-0.4, -0.2) is 37.3 Å². The second-order valence-electron chi connectivity index (χ2n) is 6.50. The number of carbonyl (C=O) groups excluding carboxylic acids is 1. The van der Waals surface area contributed by atoms with Crippen LogP contribution in [0.25, 0.3) is 11.5 Å². The summed E-state index contributed by atoms with van der Waals surface area (Å²) in [4.78, 5) is 19.9. The van der Waals surface area contributed by atoms with E-state index in [1.807, 2.05) is 7.05 Å². The highest BCUT2D eigenvalue weighted by Crippen LogP contribution is 2.32. The zero-order valence-electron chi connectivity index (χ0n) is 14.8. The Morgan fingerprint density at radius 2 is 2.30 bits per heavy atom. The molecule has 4 rings (SSSR count). The maximum absolute atomic E-state index is 13.1. The predicted molar refractivity (Wildman–Crippen MR) is 97.8 cm³/mol. The molecule has 0 bridgehead atoms. The van der Waals surface area contributed by atoms with Gasteiger partial charge in [-0.25, -0.2) is 0 Å². The molecule has 4 heterocycles. The lowest BCUT2D eigenvalue weighted by Gasteiger charge is -2.27. The van der Waals surface area contributed by atoms with Crippen LogP contribution in [-0.2, 0) is 7.05 Å². The Bertz CT molecular complexity index is 998. The monoisotopic (exact) mass is 382 g/mol. The third-order valence-electron chi connectivity index (χ3n) is 4.69. The summed E-state index contributed by atoms with van der Waals surface area (Å²) in [5.41, 5.74) is 1.16. The predicted octanol–water partition coefficient (Wildman–Crippen LogP) is 3.16. The third-order valence-corrected chi connectivity index (χ3v) is 5.59. The largest absolute Gasteiger partial charge is 0.334 e. The molecule has 0 aromatic carbocycles. The van der Waals surface area contributed by atoms with Gasteiger partial charge in [-0.05, 0) is 24.3 Å². The summed E-state index contributed by atoms with van der Waals surface area (Å²) < 4.78 is 7.09. The van der Waals surface area contributed by atoms with Crippen molar-refractivity contribution in [3.05, 3.63) is 40.1 Å². The quantitative estimate of drug-likeness (QED) is 0.690. The topological polar surface area (TPSA) is 101 Å². The minimum atomic E-state index is -0.261. The summed E-state index contributed by atoms with van der Waals surface area (Å²) in [7, 11) is 1.82. The van der Waals surface area contributed by atoms with Gasteiger partial charge in [0.2, 0.25) is 0 Å². The molecule has 0 saturated carbocycles. The zero-order chi connectivity index (χ0) is 18.8. The molecular weight excluding hydrogens is 364 g/mol. The highest BCUT2D eigenvalue weighted by Gasteiger charge is 2.32. The van der Waals surface area contributed by atoms with E-state index in [0.29, 0.717) is 28.7 Å². The molecule has 1 fully saturated rings. The summed E-state index contributed by atoms with van der Waals surface area (Å²) in [5, 5.41) is 19.3. The van der Waals surface area contributed by atoms with E-state index in [0.717, 1.165) is 31.2 Å². The number of amides is 1. The Morgan fingerprint density at radius 3 is 3.07 bits per heavy atom.